The second kappa shape index (κ2) is 8.46. The number of ketones is 1. The lowest BCUT2D eigenvalue weighted by atomic mass is 9.85. The summed E-state index contributed by atoms with van der Waals surface area (Å²) in [7, 11) is 0. The first-order valence-electron chi connectivity index (χ1n) is 10.9. The van der Waals surface area contributed by atoms with Gasteiger partial charge in [0.25, 0.3) is 5.91 Å². The highest BCUT2D eigenvalue weighted by atomic mass is 16.3. The Morgan fingerprint density at radius 1 is 1.18 bits per heavy atom. The van der Waals surface area contributed by atoms with Crippen LogP contribution in [-0.2, 0) is 19.5 Å². The van der Waals surface area contributed by atoms with Gasteiger partial charge in [0.05, 0.1) is 5.29 Å². The van der Waals surface area contributed by atoms with Crippen molar-refractivity contribution in [2.24, 2.45) is 11.2 Å². The van der Waals surface area contributed by atoms with E-state index in [0.717, 1.165) is 46.4 Å². The molecular formula is C25H23N5O3. The number of aryl methyl sites for hydroxylation is 1. The first-order chi connectivity index (χ1) is 16.1. The number of aromatic nitrogens is 3. The lowest BCUT2D eigenvalue weighted by molar-refractivity contribution is 0.0887. The summed E-state index contributed by atoms with van der Waals surface area (Å²) >= 11 is 0. The van der Waals surface area contributed by atoms with E-state index in [4.69, 9.17) is 0 Å². The molecule has 0 saturated heterocycles. The maximum Gasteiger partial charge on any atom is 0.273 e. The van der Waals surface area contributed by atoms with Crippen molar-refractivity contribution in [2.45, 2.75) is 32.9 Å². The third-order valence-corrected chi connectivity index (χ3v) is 6.47. The number of nitrogens with one attached hydrogen (secondary N) is 1. The van der Waals surface area contributed by atoms with Gasteiger partial charge in [-0.3, -0.25) is 9.59 Å². The minimum Gasteiger partial charge on any atom is -0.339 e. The molecule has 0 saturated carbocycles. The van der Waals surface area contributed by atoms with Crippen LogP contribution in [0, 0.1) is 17.7 Å². The van der Waals surface area contributed by atoms with Crippen molar-refractivity contribution in [3.05, 3.63) is 94.0 Å². The van der Waals surface area contributed by atoms with Gasteiger partial charge < -0.3 is 9.13 Å². The van der Waals surface area contributed by atoms with Crippen molar-refractivity contribution >= 4 is 22.6 Å². The number of fused-ring (bicyclic) bond motifs is 3. The van der Waals surface area contributed by atoms with Gasteiger partial charge in [-0.1, -0.05) is 30.3 Å². The number of carbonyl (C=O) groups is 2. The Hall–Kier alpha value is -4.07. The van der Waals surface area contributed by atoms with E-state index in [2.05, 4.69) is 14.8 Å². The number of nitrogens with zero attached hydrogens (tertiary/aromatic N) is 4. The fraction of sp³-hybridized carbons (Fsp3) is 0.240. The van der Waals surface area contributed by atoms with Crippen LogP contribution >= 0.6 is 0 Å². The van der Waals surface area contributed by atoms with E-state index >= 15 is 0 Å². The third-order valence-electron chi connectivity index (χ3n) is 6.47. The fourth-order valence-electron chi connectivity index (χ4n) is 4.78. The number of hydrogen-bond acceptors (Lipinski definition) is 5. The molecular weight excluding hydrogens is 418 g/mol. The summed E-state index contributed by atoms with van der Waals surface area (Å²) in [6.45, 7) is 3.18. The molecule has 0 aliphatic heterocycles. The van der Waals surface area contributed by atoms with E-state index in [1.54, 1.807) is 18.3 Å². The van der Waals surface area contributed by atoms with Crippen molar-refractivity contribution in [3.63, 3.8) is 0 Å². The summed E-state index contributed by atoms with van der Waals surface area (Å²) < 4.78 is 4.26. The molecule has 0 spiro atoms. The molecule has 1 atom stereocenters. The summed E-state index contributed by atoms with van der Waals surface area (Å²) in [6.07, 6.45) is 5.30. The average molecular weight is 441 g/mol. The van der Waals surface area contributed by atoms with Gasteiger partial charge in [0.2, 0.25) is 0 Å². The minimum atomic E-state index is -0.537. The number of carbonyl (C=O) groups excluding carboxylic acids is 2. The number of para-hydroxylation sites is 1. The van der Waals surface area contributed by atoms with Gasteiger partial charge in [-0.15, -0.1) is 4.91 Å². The Morgan fingerprint density at radius 2 is 1.97 bits per heavy atom. The molecule has 8 heteroatoms. The molecule has 1 aliphatic rings. The normalized spacial score (nSPS) is 15.4. The predicted octanol–water partition coefficient (Wildman–Crippen LogP) is 4.05. The number of nitroso groups, excluding NO2 is 1. The second-order valence-electron chi connectivity index (χ2n) is 8.38. The van der Waals surface area contributed by atoms with E-state index in [-0.39, 0.29) is 11.7 Å². The summed E-state index contributed by atoms with van der Waals surface area (Å²) in [5.41, 5.74) is 6.18. The highest BCUT2D eigenvalue weighted by Gasteiger charge is 2.33. The molecule has 5 rings (SSSR count). The van der Waals surface area contributed by atoms with Gasteiger partial charge in [0, 0.05) is 59.1 Å². The van der Waals surface area contributed by atoms with Crippen molar-refractivity contribution < 1.29 is 9.59 Å². The van der Waals surface area contributed by atoms with E-state index in [0.29, 0.717) is 18.7 Å². The van der Waals surface area contributed by atoms with Crippen LogP contribution in [0.3, 0.4) is 0 Å². The molecule has 1 amide bonds. The summed E-state index contributed by atoms with van der Waals surface area (Å²) in [4.78, 5) is 39.9. The minimum absolute atomic E-state index is 0.0751. The molecule has 2 heterocycles. The van der Waals surface area contributed by atoms with Gasteiger partial charge in [-0.25, -0.2) is 10.4 Å². The number of benzene rings is 2. The molecule has 1 unspecified atom stereocenters. The largest absolute Gasteiger partial charge is 0.339 e. The molecule has 4 aromatic rings. The lowest BCUT2D eigenvalue weighted by Crippen LogP contribution is -2.27. The van der Waals surface area contributed by atoms with Gasteiger partial charge >= 0.3 is 0 Å². The van der Waals surface area contributed by atoms with Gasteiger partial charge in [-0.05, 0) is 43.5 Å². The zero-order valence-electron chi connectivity index (χ0n) is 18.2. The Balaban J connectivity index is 1.48. The van der Waals surface area contributed by atoms with E-state index in [9.17, 15) is 14.5 Å². The third kappa shape index (κ3) is 3.73. The summed E-state index contributed by atoms with van der Waals surface area (Å²) in [5, 5.41) is 3.41. The van der Waals surface area contributed by atoms with Crippen LogP contribution in [0.5, 0.6) is 0 Å². The van der Waals surface area contributed by atoms with Gasteiger partial charge in [-0.2, -0.15) is 0 Å². The first kappa shape index (κ1) is 20.8. The van der Waals surface area contributed by atoms with E-state index in [1.165, 1.54) is 0 Å². The standard InChI is InChI=1S/C25H23N5O3/c1-16-26-12-13-29(16)15-19-10-11-22-23(24(19)31)20-4-2-3-5-21(20)30(22)14-17-6-8-18(9-7-17)25(32)27-28-33/h2-9,12-13,19H,10-11,14-15H2,1H3,(H,27,32,33). The highest BCUT2D eigenvalue weighted by molar-refractivity contribution is 6.11. The van der Waals surface area contributed by atoms with Crippen LogP contribution in [0.1, 0.15) is 44.2 Å². The van der Waals surface area contributed by atoms with Crippen molar-refractivity contribution in [3.8, 4) is 0 Å². The fourth-order valence-corrected chi connectivity index (χ4v) is 4.78. The lowest BCUT2D eigenvalue weighted by Gasteiger charge is -2.24. The number of Topliss-reactive ketones (excluding diaryl/α,β-unsaturated/α-hetero) is 1. The molecule has 33 heavy (non-hydrogen) atoms. The Morgan fingerprint density at radius 3 is 2.70 bits per heavy atom. The maximum absolute atomic E-state index is 13.6. The monoisotopic (exact) mass is 441 g/mol. The summed E-state index contributed by atoms with van der Waals surface area (Å²) in [5.74, 6) is 0.490. The zero-order valence-corrected chi connectivity index (χ0v) is 18.2. The van der Waals surface area contributed by atoms with Crippen LogP contribution in [0.25, 0.3) is 10.9 Å². The zero-order chi connectivity index (χ0) is 22.9. The average Bonchev–Trinajstić information content (AvgIpc) is 3.37. The van der Waals surface area contributed by atoms with Crippen LogP contribution < -0.4 is 5.43 Å². The van der Waals surface area contributed by atoms with Gasteiger partial charge in [0.1, 0.15) is 5.82 Å². The number of imidazole rings is 1. The molecule has 1 aliphatic carbocycles. The SMILES string of the molecule is Cc1nccn1CC1CCc2c(c3ccccc3n2Cc2ccc(C(=O)NN=O)cc2)C1=O. The second-order valence-corrected chi connectivity index (χ2v) is 8.38. The molecule has 1 N–H and O–H groups in total. The van der Waals surface area contributed by atoms with Crippen molar-refractivity contribution in [1.29, 1.82) is 0 Å². The molecule has 0 bridgehead atoms. The summed E-state index contributed by atoms with van der Waals surface area (Å²) in [6, 6.07) is 15.1. The molecule has 2 aromatic heterocycles. The van der Waals surface area contributed by atoms with Gasteiger partial charge in [0.15, 0.2) is 5.78 Å². The topological polar surface area (TPSA) is 98.3 Å². The predicted molar refractivity (Wildman–Crippen MR) is 124 cm³/mol. The quantitative estimate of drug-likeness (QED) is 0.360. The van der Waals surface area contributed by atoms with Crippen molar-refractivity contribution in [1.82, 2.24) is 19.5 Å². The van der Waals surface area contributed by atoms with E-state index in [1.807, 2.05) is 59.5 Å². The van der Waals surface area contributed by atoms with Crippen LogP contribution in [-0.4, -0.2) is 25.8 Å². The first-order valence-corrected chi connectivity index (χ1v) is 10.9. The van der Waals surface area contributed by atoms with Crippen LogP contribution in [0.4, 0.5) is 0 Å². The van der Waals surface area contributed by atoms with Crippen LogP contribution in [0.2, 0.25) is 0 Å². The number of hydrogen-bond donors (Lipinski definition) is 1. The molecule has 2 aromatic carbocycles. The number of rotatable bonds is 6. The highest BCUT2D eigenvalue weighted by Crippen LogP contribution is 2.35. The maximum atomic E-state index is 13.6. The molecule has 0 fully saturated rings. The van der Waals surface area contributed by atoms with Crippen LogP contribution in [0.15, 0.2) is 66.2 Å². The smallest absolute Gasteiger partial charge is 0.273 e. The van der Waals surface area contributed by atoms with Crippen molar-refractivity contribution in [2.75, 3.05) is 0 Å². The Kier molecular flexibility index (Phi) is 5.34. The Bertz CT molecular complexity index is 1370. The number of amides is 1. The molecule has 166 valence electrons. The molecule has 0 radical (unpaired) electrons. The van der Waals surface area contributed by atoms with E-state index < -0.39 is 5.91 Å². The Labute approximate surface area is 190 Å². The molecule has 8 nitrogen and oxygen atoms in total.